The summed E-state index contributed by atoms with van der Waals surface area (Å²) in [7, 11) is -4.98. The Morgan fingerprint density at radius 2 is 0.583 bits per heavy atom. The molecule has 2 aliphatic rings. The van der Waals surface area contributed by atoms with Gasteiger partial charge in [0.25, 0.3) is 0 Å². The van der Waals surface area contributed by atoms with E-state index in [4.69, 9.17) is 17.7 Å². The molecule has 17 rings (SSSR count). The highest BCUT2D eigenvalue weighted by Crippen LogP contribution is 2.51. The van der Waals surface area contributed by atoms with E-state index < -0.39 is 16.1 Å². The van der Waals surface area contributed by atoms with E-state index in [1.165, 1.54) is 64.9 Å². The molecule has 4 aromatic heterocycles. The number of hydrogen-bond donors (Lipinski definition) is 0. The van der Waals surface area contributed by atoms with Gasteiger partial charge in [0.15, 0.2) is 0 Å². The lowest BCUT2D eigenvalue weighted by atomic mass is 9.89. The zero-order valence-electron chi connectivity index (χ0n) is 40.0. The zero-order chi connectivity index (χ0) is 47.5. The van der Waals surface area contributed by atoms with Crippen molar-refractivity contribution < 1.29 is 17.7 Å². The molecule has 0 unspecified atom stereocenters. The van der Waals surface area contributed by atoms with E-state index in [1.807, 2.05) is 0 Å². The molecule has 0 N–H and O–H groups in total. The van der Waals surface area contributed by atoms with E-state index in [1.54, 1.807) is 10.4 Å². The van der Waals surface area contributed by atoms with E-state index in [0.717, 1.165) is 99.2 Å². The Bertz CT molecular complexity index is 4680. The van der Waals surface area contributed by atoms with Crippen LogP contribution in [0.1, 0.15) is 0 Å². The van der Waals surface area contributed by atoms with Crippen LogP contribution in [-0.2, 0) is 0 Å². The fraction of sp³-hybridized carbons (Fsp3) is 0.0606. The summed E-state index contributed by atoms with van der Waals surface area (Å²) in [6, 6.07) is 66.3. The van der Waals surface area contributed by atoms with Gasteiger partial charge in [-0.3, -0.25) is 0 Å². The monoisotopic (exact) mass is 954 g/mol. The van der Waals surface area contributed by atoms with Gasteiger partial charge >= 0.3 is 0 Å². The number of fused-ring (bicyclic) bond motifs is 25. The lowest BCUT2D eigenvalue weighted by molar-refractivity contribution is 0.667. The maximum absolute atomic E-state index is 7.14. The first-order valence-corrected chi connectivity index (χ1v) is 31.1. The van der Waals surface area contributed by atoms with E-state index in [0.29, 0.717) is 0 Å². The molecule has 0 saturated heterocycles. The summed E-state index contributed by atoms with van der Waals surface area (Å²) in [5.74, 6) is 0. The number of rotatable bonds is 2. The molecule has 0 spiro atoms. The number of furan rings is 4. The molecule has 6 heteroatoms. The minimum absolute atomic E-state index is 0.890. The van der Waals surface area contributed by atoms with E-state index in [-0.39, 0.29) is 0 Å². The Morgan fingerprint density at radius 3 is 0.972 bits per heavy atom. The molecule has 11 aromatic carbocycles. The molecule has 0 saturated carbocycles. The number of hydrogen-bond acceptors (Lipinski definition) is 4. The molecule has 15 aromatic rings. The summed E-state index contributed by atoms with van der Waals surface area (Å²) in [6.45, 7) is 10.4. The lowest BCUT2D eigenvalue weighted by Crippen LogP contribution is -2.63. The SMILES string of the molecule is C[Si]1(C)c2cc(-c3cc4oc5ccccc5c4c4ccccc34)c3oc4ccccc4c3c2-c2ccc3c(c21)[Si](C)(C)c1cc(-c2cc4oc5ccccc5c4c4ccccc24)c2oc4ccccc4c2c1-3. The van der Waals surface area contributed by atoms with Gasteiger partial charge in [0, 0.05) is 54.2 Å². The highest BCUT2D eigenvalue weighted by molar-refractivity contribution is 7.13. The summed E-state index contributed by atoms with van der Waals surface area (Å²) < 4.78 is 27.7. The van der Waals surface area contributed by atoms with Crippen LogP contribution in [0.3, 0.4) is 0 Å². The summed E-state index contributed by atoms with van der Waals surface area (Å²) in [6.07, 6.45) is 0. The van der Waals surface area contributed by atoms with Crippen LogP contribution in [0.25, 0.3) is 154 Å². The van der Waals surface area contributed by atoms with Crippen molar-refractivity contribution in [2.24, 2.45) is 0 Å². The lowest BCUT2D eigenvalue weighted by Gasteiger charge is -2.28. The standard InChI is InChI=1S/C66H42O4Si2/c1-71(2)55-33-47(45-31-53-57(37-19-7-5-17-35(37)45)39-21-9-13-25-49(39)67-53)63-61(41-23-11-15-27-51(41)69-63)59(55)43-29-30-44-60-56(72(3,4)66(44)65(43)71)34-48(64-62(60)42-24-12-16-28-52(42)70-64)46-32-54-58(38-20-8-6-18-36(38)46)40-22-10-14-26-50(40)68-54/h5-34H,1-4H3. The van der Waals surface area contributed by atoms with Crippen LogP contribution < -0.4 is 20.7 Å². The maximum atomic E-state index is 7.14. The fourth-order valence-corrected chi connectivity index (χ4v) is 22.4. The van der Waals surface area contributed by atoms with Crippen molar-refractivity contribution in [1.29, 1.82) is 0 Å². The Hall–Kier alpha value is -8.43. The predicted molar refractivity (Wildman–Crippen MR) is 306 cm³/mol. The van der Waals surface area contributed by atoms with Crippen LogP contribution in [0.15, 0.2) is 200 Å². The van der Waals surface area contributed by atoms with Gasteiger partial charge in [-0.2, -0.15) is 0 Å². The second-order valence-electron chi connectivity index (χ2n) is 21.3. The van der Waals surface area contributed by atoms with Crippen LogP contribution in [-0.4, -0.2) is 16.1 Å². The van der Waals surface area contributed by atoms with Gasteiger partial charge in [-0.15, -0.1) is 0 Å². The molecule has 4 nitrogen and oxygen atoms in total. The minimum Gasteiger partial charge on any atom is -0.456 e. The number of benzene rings is 11. The second kappa shape index (κ2) is 13.3. The predicted octanol–water partition coefficient (Wildman–Crippen LogP) is 16.5. The third kappa shape index (κ3) is 4.73. The quantitative estimate of drug-likeness (QED) is 0.162. The van der Waals surface area contributed by atoms with Crippen molar-refractivity contribution in [2.75, 3.05) is 0 Å². The average Bonchev–Trinajstić information content (AvgIpc) is 4.25. The molecule has 0 aliphatic carbocycles. The Morgan fingerprint density at radius 1 is 0.264 bits per heavy atom. The minimum atomic E-state index is -2.49. The average molecular weight is 955 g/mol. The topological polar surface area (TPSA) is 52.6 Å². The van der Waals surface area contributed by atoms with Crippen molar-refractivity contribution in [2.45, 2.75) is 26.2 Å². The highest BCUT2D eigenvalue weighted by Gasteiger charge is 2.50. The first kappa shape index (κ1) is 39.3. The normalized spacial score (nSPS) is 14.6. The summed E-state index contributed by atoms with van der Waals surface area (Å²) in [4.78, 5) is 0. The first-order valence-electron chi connectivity index (χ1n) is 25.1. The molecule has 6 heterocycles. The number of para-hydroxylation sites is 4. The van der Waals surface area contributed by atoms with Crippen LogP contribution in [0, 0.1) is 0 Å². The van der Waals surface area contributed by atoms with Gasteiger partial charge in [0.1, 0.15) is 60.8 Å². The van der Waals surface area contributed by atoms with Crippen LogP contribution in [0.5, 0.6) is 0 Å². The van der Waals surface area contributed by atoms with E-state index in [2.05, 4.69) is 208 Å². The summed E-state index contributed by atoms with van der Waals surface area (Å²) in [5.41, 5.74) is 17.2. The van der Waals surface area contributed by atoms with Gasteiger partial charge in [0.05, 0.1) is 0 Å². The molecular formula is C66H42O4Si2. The molecule has 2 aliphatic heterocycles. The van der Waals surface area contributed by atoms with Gasteiger partial charge in [-0.1, -0.05) is 172 Å². The third-order valence-corrected chi connectivity index (χ3v) is 24.3. The van der Waals surface area contributed by atoms with Crippen LogP contribution in [0.4, 0.5) is 0 Å². The first-order chi connectivity index (χ1) is 35.2. The molecule has 72 heavy (non-hydrogen) atoms. The molecule has 0 bridgehead atoms. The van der Waals surface area contributed by atoms with E-state index in [9.17, 15) is 0 Å². The third-order valence-electron chi connectivity index (χ3n) is 17.0. The van der Waals surface area contributed by atoms with Crippen LogP contribution >= 0.6 is 0 Å². The van der Waals surface area contributed by atoms with Crippen LogP contribution in [0.2, 0.25) is 26.2 Å². The molecule has 0 atom stereocenters. The van der Waals surface area contributed by atoms with Crippen molar-refractivity contribution >= 4 is 146 Å². The van der Waals surface area contributed by atoms with Crippen molar-refractivity contribution in [3.8, 4) is 44.5 Å². The molecular weight excluding hydrogens is 913 g/mol. The maximum Gasteiger partial charge on any atom is 0.143 e. The van der Waals surface area contributed by atoms with Gasteiger partial charge < -0.3 is 17.7 Å². The largest absolute Gasteiger partial charge is 0.456 e. The smallest absolute Gasteiger partial charge is 0.143 e. The van der Waals surface area contributed by atoms with E-state index >= 15 is 0 Å². The van der Waals surface area contributed by atoms with Gasteiger partial charge in [-0.05, 0) is 112 Å². The summed E-state index contributed by atoms with van der Waals surface area (Å²) >= 11 is 0. The second-order valence-corrected chi connectivity index (χ2v) is 29.9. The van der Waals surface area contributed by atoms with Crippen molar-refractivity contribution in [3.63, 3.8) is 0 Å². The Kier molecular flexibility index (Phi) is 7.26. The van der Waals surface area contributed by atoms with Gasteiger partial charge in [0.2, 0.25) is 0 Å². The zero-order valence-corrected chi connectivity index (χ0v) is 42.0. The molecule has 0 amide bonds. The summed E-state index contributed by atoms with van der Waals surface area (Å²) in [5, 5.41) is 20.1. The fourth-order valence-electron chi connectivity index (χ4n) is 14.0. The Balaban J connectivity index is 0.950. The van der Waals surface area contributed by atoms with Crippen molar-refractivity contribution in [1.82, 2.24) is 0 Å². The Labute approximate surface area is 414 Å². The molecule has 0 fully saturated rings. The van der Waals surface area contributed by atoms with Crippen molar-refractivity contribution in [3.05, 3.63) is 182 Å². The van der Waals surface area contributed by atoms with Gasteiger partial charge in [-0.25, -0.2) is 0 Å². The molecule has 0 radical (unpaired) electrons. The molecule has 338 valence electrons. The highest BCUT2D eigenvalue weighted by atomic mass is 28.3.